The van der Waals surface area contributed by atoms with Gasteiger partial charge in [0.25, 0.3) is 0 Å². The molecule has 0 amide bonds. The lowest BCUT2D eigenvalue weighted by Gasteiger charge is -2.24. The Hall–Kier alpha value is -1.02. The van der Waals surface area contributed by atoms with Crippen molar-refractivity contribution in [2.45, 2.75) is 38.7 Å². The molecule has 2 nitrogen and oxygen atoms in total. The molecule has 2 atom stereocenters. The van der Waals surface area contributed by atoms with Crippen LogP contribution in [0.2, 0.25) is 0 Å². The molecule has 15 heavy (non-hydrogen) atoms. The molecular formula is C13H18O2. The number of fused-ring (bicyclic) bond motifs is 1. The van der Waals surface area contributed by atoms with E-state index in [-0.39, 0.29) is 12.0 Å². The Morgan fingerprint density at radius 3 is 2.87 bits per heavy atom. The Labute approximate surface area is 90.9 Å². The van der Waals surface area contributed by atoms with Gasteiger partial charge in [-0.05, 0) is 30.9 Å². The summed E-state index contributed by atoms with van der Waals surface area (Å²) < 4.78 is 5.71. The van der Waals surface area contributed by atoms with E-state index in [1.165, 1.54) is 5.56 Å². The van der Waals surface area contributed by atoms with Crippen LogP contribution in [0.3, 0.4) is 0 Å². The normalized spacial score (nSPS) is 18.9. The molecule has 1 aliphatic heterocycles. The van der Waals surface area contributed by atoms with Gasteiger partial charge in [-0.2, -0.15) is 0 Å². The van der Waals surface area contributed by atoms with Gasteiger partial charge in [0.15, 0.2) is 0 Å². The van der Waals surface area contributed by atoms with Crippen molar-refractivity contribution in [1.29, 1.82) is 0 Å². The minimum Gasteiger partial charge on any atom is -0.493 e. The molecule has 0 aromatic heterocycles. The zero-order valence-corrected chi connectivity index (χ0v) is 9.36. The van der Waals surface area contributed by atoms with E-state index in [2.05, 4.69) is 18.2 Å². The highest BCUT2D eigenvalue weighted by Gasteiger charge is 2.20. The molecule has 2 unspecified atom stereocenters. The smallest absolute Gasteiger partial charge is 0.126 e. The summed E-state index contributed by atoms with van der Waals surface area (Å²) in [4.78, 5) is 0. The van der Waals surface area contributed by atoms with Crippen LogP contribution in [0.4, 0.5) is 0 Å². The first-order chi connectivity index (χ1) is 7.20. The molecule has 1 aliphatic rings. The third-order valence-corrected chi connectivity index (χ3v) is 3.18. The van der Waals surface area contributed by atoms with Crippen LogP contribution in [-0.2, 0) is 6.42 Å². The second-order valence-corrected chi connectivity index (χ2v) is 4.32. The Bertz CT molecular complexity index is 344. The van der Waals surface area contributed by atoms with Gasteiger partial charge in [-0.1, -0.05) is 25.1 Å². The molecule has 0 bridgehead atoms. The highest BCUT2D eigenvalue weighted by Crippen LogP contribution is 2.34. The van der Waals surface area contributed by atoms with E-state index in [1.54, 1.807) is 0 Å². The molecule has 1 aromatic rings. The lowest BCUT2D eigenvalue weighted by molar-refractivity contribution is 0.166. The van der Waals surface area contributed by atoms with Gasteiger partial charge in [-0.15, -0.1) is 0 Å². The number of hydrogen-bond acceptors (Lipinski definition) is 2. The van der Waals surface area contributed by atoms with Gasteiger partial charge in [-0.25, -0.2) is 0 Å². The van der Waals surface area contributed by atoms with Crippen molar-refractivity contribution >= 4 is 0 Å². The number of benzene rings is 1. The minimum atomic E-state index is -0.331. The summed E-state index contributed by atoms with van der Waals surface area (Å²) in [6.45, 7) is 4.67. The molecule has 2 heteroatoms. The number of ether oxygens (including phenoxy) is 1. The zero-order chi connectivity index (χ0) is 10.8. The fraction of sp³-hybridized carbons (Fsp3) is 0.538. The van der Waals surface area contributed by atoms with Gasteiger partial charge < -0.3 is 9.84 Å². The fourth-order valence-corrected chi connectivity index (χ4v) is 2.03. The number of rotatable bonds is 2. The van der Waals surface area contributed by atoms with Crippen LogP contribution in [0.1, 0.15) is 37.3 Å². The first-order valence-corrected chi connectivity index (χ1v) is 5.63. The van der Waals surface area contributed by atoms with Crippen molar-refractivity contribution in [2.24, 2.45) is 0 Å². The molecule has 2 rings (SSSR count). The lowest BCUT2D eigenvalue weighted by Crippen LogP contribution is -2.16. The second-order valence-electron chi connectivity index (χ2n) is 4.32. The van der Waals surface area contributed by atoms with E-state index >= 15 is 0 Å². The quantitative estimate of drug-likeness (QED) is 0.805. The topological polar surface area (TPSA) is 29.5 Å². The maximum atomic E-state index is 9.62. The fourth-order valence-electron chi connectivity index (χ4n) is 2.03. The Kier molecular flexibility index (Phi) is 2.96. The van der Waals surface area contributed by atoms with Crippen LogP contribution in [0.5, 0.6) is 5.75 Å². The molecule has 0 spiro atoms. The van der Waals surface area contributed by atoms with Gasteiger partial charge in [0.05, 0.1) is 12.7 Å². The summed E-state index contributed by atoms with van der Waals surface area (Å²) in [6.07, 6.45) is 1.86. The van der Waals surface area contributed by atoms with Crippen molar-refractivity contribution in [3.8, 4) is 5.75 Å². The highest BCUT2D eigenvalue weighted by atomic mass is 16.5. The van der Waals surface area contributed by atoms with E-state index < -0.39 is 0 Å². The zero-order valence-electron chi connectivity index (χ0n) is 9.36. The summed E-state index contributed by atoms with van der Waals surface area (Å²) >= 11 is 0. The second kappa shape index (κ2) is 4.23. The number of aryl methyl sites for hydroxylation is 1. The predicted octanol–water partition coefficient (Wildman–Crippen LogP) is 2.50. The molecule has 0 saturated heterocycles. The van der Waals surface area contributed by atoms with E-state index in [0.29, 0.717) is 0 Å². The van der Waals surface area contributed by atoms with E-state index in [9.17, 15) is 5.11 Å². The third kappa shape index (κ3) is 2.00. The Morgan fingerprint density at radius 1 is 1.33 bits per heavy atom. The largest absolute Gasteiger partial charge is 0.493 e. The van der Waals surface area contributed by atoms with E-state index in [4.69, 9.17) is 4.74 Å². The van der Waals surface area contributed by atoms with Gasteiger partial charge in [0.2, 0.25) is 0 Å². The van der Waals surface area contributed by atoms with Crippen LogP contribution in [0, 0.1) is 0 Å². The van der Waals surface area contributed by atoms with E-state index in [0.717, 1.165) is 30.8 Å². The molecule has 82 valence electrons. The first-order valence-electron chi connectivity index (χ1n) is 5.63. The summed E-state index contributed by atoms with van der Waals surface area (Å²) in [5.74, 6) is 1.15. The first kappa shape index (κ1) is 10.5. The molecule has 0 aliphatic carbocycles. The van der Waals surface area contributed by atoms with Crippen molar-refractivity contribution in [3.63, 3.8) is 0 Å². The third-order valence-electron chi connectivity index (χ3n) is 3.18. The van der Waals surface area contributed by atoms with Crippen molar-refractivity contribution in [3.05, 3.63) is 29.3 Å². The molecule has 0 radical (unpaired) electrons. The van der Waals surface area contributed by atoms with Crippen molar-refractivity contribution in [1.82, 2.24) is 0 Å². The van der Waals surface area contributed by atoms with Crippen LogP contribution >= 0.6 is 0 Å². The van der Waals surface area contributed by atoms with Crippen LogP contribution in [0.15, 0.2) is 18.2 Å². The van der Waals surface area contributed by atoms with E-state index in [1.807, 2.05) is 13.8 Å². The van der Waals surface area contributed by atoms with Crippen LogP contribution in [0.25, 0.3) is 0 Å². The summed E-state index contributed by atoms with van der Waals surface area (Å²) in [6, 6.07) is 6.23. The molecule has 1 N–H and O–H groups in total. The SMILES string of the molecule is CC(O)C(C)c1cccc2c1OCCC2. The Balaban J connectivity index is 2.39. The standard InChI is InChI=1S/C13H18O2/c1-9(10(2)14)12-7-3-5-11-6-4-8-15-13(11)12/h3,5,7,9-10,14H,4,6,8H2,1-2H3. The van der Waals surface area contributed by atoms with Gasteiger partial charge in [-0.3, -0.25) is 0 Å². The molecule has 0 saturated carbocycles. The number of aliphatic hydroxyl groups is 1. The van der Waals surface area contributed by atoms with Crippen molar-refractivity contribution < 1.29 is 9.84 Å². The maximum Gasteiger partial charge on any atom is 0.126 e. The average Bonchev–Trinajstić information content (AvgIpc) is 2.27. The van der Waals surface area contributed by atoms with Crippen molar-refractivity contribution in [2.75, 3.05) is 6.61 Å². The van der Waals surface area contributed by atoms with Gasteiger partial charge in [0.1, 0.15) is 5.75 Å². The molecule has 1 aromatic carbocycles. The molecule has 1 heterocycles. The maximum absolute atomic E-state index is 9.62. The number of para-hydroxylation sites is 1. The molecule has 0 fully saturated rings. The van der Waals surface area contributed by atoms with Gasteiger partial charge >= 0.3 is 0 Å². The molecular weight excluding hydrogens is 188 g/mol. The Morgan fingerprint density at radius 2 is 2.13 bits per heavy atom. The minimum absolute atomic E-state index is 0.137. The van der Waals surface area contributed by atoms with Crippen LogP contribution < -0.4 is 4.74 Å². The average molecular weight is 206 g/mol. The highest BCUT2D eigenvalue weighted by molar-refractivity contribution is 5.44. The van der Waals surface area contributed by atoms with Gasteiger partial charge in [0, 0.05) is 5.92 Å². The summed E-state index contributed by atoms with van der Waals surface area (Å²) in [7, 11) is 0. The number of hydrogen-bond donors (Lipinski definition) is 1. The number of aliphatic hydroxyl groups excluding tert-OH is 1. The monoisotopic (exact) mass is 206 g/mol. The summed E-state index contributed by atoms with van der Waals surface area (Å²) in [5.41, 5.74) is 2.42. The summed E-state index contributed by atoms with van der Waals surface area (Å²) in [5, 5.41) is 9.62. The van der Waals surface area contributed by atoms with Crippen LogP contribution in [-0.4, -0.2) is 17.8 Å². The predicted molar refractivity (Wildman–Crippen MR) is 60.4 cm³/mol. The lowest BCUT2D eigenvalue weighted by atomic mass is 9.92.